The summed E-state index contributed by atoms with van der Waals surface area (Å²) in [6, 6.07) is 9.81. The van der Waals surface area contributed by atoms with Crippen LogP contribution in [0.2, 0.25) is 0 Å². The lowest BCUT2D eigenvalue weighted by atomic mass is 9.96. The molecule has 0 aliphatic carbocycles. The van der Waals surface area contributed by atoms with Gasteiger partial charge in [0.15, 0.2) is 5.69 Å². The predicted octanol–water partition coefficient (Wildman–Crippen LogP) is 6.07. The molecule has 0 unspecified atom stereocenters. The molecule has 0 N–H and O–H groups in total. The van der Waals surface area contributed by atoms with E-state index in [1.165, 1.54) is 0 Å². The quantitative estimate of drug-likeness (QED) is 0.400. The topological polar surface area (TPSA) is 40.8 Å². The smallest absolute Gasteiger partial charge is 0.216 e. The van der Waals surface area contributed by atoms with Crippen LogP contribution in [0.5, 0.6) is 0 Å². The van der Waals surface area contributed by atoms with Crippen molar-refractivity contribution in [3.8, 4) is 17.3 Å². The maximum Gasteiger partial charge on any atom is 0.216 e. The van der Waals surface area contributed by atoms with Gasteiger partial charge in [0, 0.05) is 32.5 Å². The van der Waals surface area contributed by atoms with E-state index < -0.39 is 12.3 Å². The van der Waals surface area contributed by atoms with Crippen molar-refractivity contribution in [3.05, 3.63) is 64.3 Å². The molecular weight excluding hydrogens is 356 g/mol. The van der Waals surface area contributed by atoms with E-state index in [9.17, 15) is 5.26 Å². The van der Waals surface area contributed by atoms with Gasteiger partial charge in [-0.2, -0.15) is 9.83 Å². The minimum absolute atomic E-state index is 0.0138. The van der Waals surface area contributed by atoms with Crippen LogP contribution in [-0.2, 0) is 13.4 Å². The summed E-state index contributed by atoms with van der Waals surface area (Å²) >= 11 is 0. The first-order chi connectivity index (χ1) is 15.4. The largest absolute Gasteiger partial charge is 0.455 e. The van der Waals surface area contributed by atoms with Crippen molar-refractivity contribution in [1.29, 1.82) is 5.26 Å². The number of benzene rings is 2. The van der Waals surface area contributed by atoms with E-state index in [1.54, 1.807) is 38.5 Å². The fourth-order valence-corrected chi connectivity index (χ4v) is 3.82. The Kier molecular flexibility index (Phi) is 3.60. The van der Waals surface area contributed by atoms with Gasteiger partial charge >= 0.3 is 0 Å². The molecule has 2 aromatic heterocycles. The zero-order valence-corrected chi connectivity index (χ0v) is 17.7. The van der Waals surface area contributed by atoms with Gasteiger partial charge in [0.1, 0.15) is 18.2 Å². The molecule has 0 saturated heterocycles. The number of aryl methyl sites for hydroxylation is 2. The molecule has 0 saturated carbocycles. The van der Waals surface area contributed by atoms with Gasteiger partial charge in [0.25, 0.3) is 0 Å². The number of hydrogen-bond donors (Lipinski definition) is 0. The predicted molar refractivity (Wildman–Crippen MR) is 118 cm³/mol. The summed E-state index contributed by atoms with van der Waals surface area (Å²) in [5, 5.41) is 11.2. The first-order valence-corrected chi connectivity index (χ1v) is 9.79. The first-order valence-electron chi connectivity index (χ1n) is 11.8. The average Bonchev–Trinajstić information content (AvgIpc) is 3.14. The molecule has 0 radical (unpaired) electrons. The summed E-state index contributed by atoms with van der Waals surface area (Å²) in [6.45, 7) is 9.16. The van der Waals surface area contributed by atoms with Crippen LogP contribution in [0.25, 0.3) is 33.2 Å². The second kappa shape index (κ2) is 7.04. The van der Waals surface area contributed by atoms with E-state index in [0.717, 1.165) is 21.9 Å². The van der Waals surface area contributed by atoms with Gasteiger partial charge in [0.2, 0.25) is 5.69 Å². The summed E-state index contributed by atoms with van der Waals surface area (Å²) in [5.41, 5.74) is 5.35. The number of nitrogens with zero attached hydrogens (tertiary/aromatic N) is 2. The Bertz CT molecular complexity index is 1490. The maximum absolute atomic E-state index is 9.69. The Labute approximate surface area is 177 Å². The lowest BCUT2D eigenvalue weighted by Crippen LogP contribution is -2.35. The minimum atomic E-state index is -1.85. The van der Waals surface area contributed by atoms with Crippen LogP contribution in [0.1, 0.15) is 47.3 Å². The third-order valence-corrected chi connectivity index (χ3v) is 5.37. The molecule has 2 heterocycles. The van der Waals surface area contributed by atoms with E-state index in [0.29, 0.717) is 33.7 Å². The molecule has 4 aromatic rings. The molecule has 2 aromatic carbocycles. The molecule has 146 valence electrons. The molecule has 0 fully saturated rings. The van der Waals surface area contributed by atoms with Crippen molar-refractivity contribution in [2.45, 2.75) is 41.0 Å². The molecule has 0 spiro atoms. The molecule has 3 heteroatoms. The monoisotopic (exact) mass is 387 g/mol. The van der Waals surface area contributed by atoms with Gasteiger partial charge in [-0.3, -0.25) is 0 Å². The highest BCUT2D eigenvalue weighted by Gasteiger charge is 2.24. The number of hydrogen-bond acceptors (Lipinski definition) is 2. The molecule has 3 nitrogen and oxygen atoms in total. The number of pyridine rings is 1. The third-order valence-electron chi connectivity index (χ3n) is 5.37. The Balaban J connectivity index is 2.23. The van der Waals surface area contributed by atoms with E-state index in [4.69, 9.17) is 9.90 Å². The Morgan fingerprint density at radius 3 is 2.52 bits per heavy atom. The Hall–Kier alpha value is -3.12. The van der Waals surface area contributed by atoms with Crippen LogP contribution < -0.4 is 4.57 Å². The standard InChI is InChI=1S/C26H27N2O/c1-15(2)11-19-12-18(5)28(6)22(13-19)23-16(3)8-10-21-24-20(14-27)9-7-17(4)25(24)29-26(21)23/h7-10,12-13,15H,11H2,1-6H3/q+1/i11D2,12D,13D. The van der Waals surface area contributed by atoms with Gasteiger partial charge in [-0.05, 0) is 48.9 Å². The Morgan fingerprint density at radius 2 is 1.83 bits per heavy atom. The molecule has 29 heavy (non-hydrogen) atoms. The fraction of sp³-hybridized carbons (Fsp3) is 0.308. The highest BCUT2D eigenvalue weighted by Crippen LogP contribution is 2.39. The van der Waals surface area contributed by atoms with Crippen molar-refractivity contribution in [2.24, 2.45) is 13.0 Å². The molecule has 0 aliphatic heterocycles. The normalized spacial score (nSPS) is 14.0. The molecular formula is C26H27N2O+. The van der Waals surface area contributed by atoms with Crippen LogP contribution >= 0.6 is 0 Å². The van der Waals surface area contributed by atoms with E-state index in [-0.39, 0.29) is 17.6 Å². The number of fused-ring (bicyclic) bond motifs is 3. The molecule has 4 rings (SSSR count). The van der Waals surface area contributed by atoms with Crippen LogP contribution in [0, 0.1) is 38.0 Å². The lowest BCUT2D eigenvalue weighted by molar-refractivity contribution is -0.666. The highest BCUT2D eigenvalue weighted by atomic mass is 16.3. The van der Waals surface area contributed by atoms with Gasteiger partial charge in [0.05, 0.1) is 19.9 Å². The van der Waals surface area contributed by atoms with Gasteiger partial charge in [-0.1, -0.05) is 32.0 Å². The zero-order valence-electron chi connectivity index (χ0n) is 21.7. The molecule has 0 aliphatic rings. The van der Waals surface area contributed by atoms with E-state index in [1.807, 2.05) is 32.0 Å². The zero-order chi connectivity index (χ0) is 24.4. The van der Waals surface area contributed by atoms with Crippen molar-refractivity contribution in [2.75, 3.05) is 0 Å². The van der Waals surface area contributed by atoms with Gasteiger partial charge in [-0.15, -0.1) is 0 Å². The molecule has 0 atom stereocenters. The van der Waals surface area contributed by atoms with Crippen LogP contribution in [-0.4, -0.2) is 0 Å². The summed E-state index contributed by atoms with van der Waals surface area (Å²) in [6.07, 6.45) is -1.85. The summed E-state index contributed by atoms with van der Waals surface area (Å²) in [7, 11) is 1.79. The van der Waals surface area contributed by atoms with Crippen molar-refractivity contribution < 1.29 is 14.5 Å². The van der Waals surface area contributed by atoms with Gasteiger partial charge in [-0.25, -0.2) is 0 Å². The number of aromatic nitrogens is 1. The Morgan fingerprint density at radius 1 is 1.10 bits per heavy atom. The number of furan rings is 1. The summed E-state index contributed by atoms with van der Waals surface area (Å²) < 4.78 is 43.2. The highest BCUT2D eigenvalue weighted by molar-refractivity contribution is 6.12. The van der Waals surface area contributed by atoms with Crippen molar-refractivity contribution in [1.82, 2.24) is 0 Å². The second-order valence-corrected chi connectivity index (χ2v) is 7.90. The molecule has 0 amide bonds. The average molecular weight is 388 g/mol. The summed E-state index contributed by atoms with van der Waals surface area (Å²) in [5.74, 6) is -0.408. The van der Waals surface area contributed by atoms with Crippen molar-refractivity contribution >= 4 is 21.9 Å². The second-order valence-electron chi connectivity index (χ2n) is 7.90. The van der Waals surface area contributed by atoms with E-state index in [2.05, 4.69) is 6.07 Å². The van der Waals surface area contributed by atoms with Crippen LogP contribution in [0.4, 0.5) is 0 Å². The van der Waals surface area contributed by atoms with Crippen LogP contribution in [0.3, 0.4) is 0 Å². The number of rotatable bonds is 3. The maximum atomic E-state index is 9.69. The fourth-order valence-electron chi connectivity index (χ4n) is 3.82. The lowest BCUT2D eigenvalue weighted by Gasteiger charge is -2.11. The van der Waals surface area contributed by atoms with Crippen molar-refractivity contribution in [3.63, 3.8) is 0 Å². The number of nitriles is 1. The summed E-state index contributed by atoms with van der Waals surface area (Å²) in [4.78, 5) is 0. The minimum Gasteiger partial charge on any atom is -0.455 e. The SMILES string of the molecule is [2H]c1c(C([2H])([2H])C(C)C)c([2H])c(-c2c(C)ccc3c2oc2c(C)ccc(C#N)c23)[n+](C)c1C. The third kappa shape index (κ3) is 3.09. The first kappa shape index (κ1) is 14.8. The van der Waals surface area contributed by atoms with Crippen LogP contribution in [0.15, 0.2) is 40.8 Å². The van der Waals surface area contributed by atoms with Gasteiger partial charge < -0.3 is 4.42 Å². The molecule has 0 bridgehead atoms. The van der Waals surface area contributed by atoms with E-state index >= 15 is 0 Å².